The van der Waals surface area contributed by atoms with Crippen molar-refractivity contribution in [3.63, 3.8) is 0 Å². The van der Waals surface area contributed by atoms with Crippen molar-refractivity contribution in [1.29, 1.82) is 0 Å². The van der Waals surface area contributed by atoms with Crippen LogP contribution in [-0.4, -0.2) is 92.5 Å². The zero-order valence-electron chi connectivity index (χ0n) is 18.6. The molecule has 4 heterocycles. The highest BCUT2D eigenvalue weighted by Gasteiger charge is 2.15. The number of carboxylic acids is 2. The molecule has 4 rings (SSSR count). The Morgan fingerprint density at radius 2 is 1.19 bits per heavy atom. The van der Waals surface area contributed by atoms with E-state index in [0.29, 0.717) is 11.8 Å². The van der Waals surface area contributed by atoms with Gasteiger partial charge in [0.15, 0.2) is 11.6 Å². The number of aromatic nitrogens is 4. The highest BCUT2D eigenvalue weighted by molar-refractivity contribution is 6.27. The molecular formula is C20H28N6O6. The maximum Gasteiger partial charge on any atom is 0.414 e. The number of aryl methyl sites for hydroxylation is 2. The lowest BCUT2D eigenvalue weighted by molar-refractivity contribution is -0.159. The van der Waals surface area contributed by atoms with E-state index in [2.05, 4.69) is 56.3 Å². The van der Waals surface area contributed by atoms with Gasteiger partial charge in [0.05, 0.1) is 0 Å². The van der Waals surface area contributed by atoms with Crippen LogP contribution in [0.3, 0.4) is 0 Å². The molecule has 0 saturated heterocycles. The van der Waals surface area contributed by atoms with Gasteiger partial charge in [0.1, 0.15) is 0 Å². The Kier molecular flexibility index (Phi) is 9.22. The van der Waals surface area contributed by atoms with Gasteiger partial charge in [0.25, 0.3) is 0 Å². The van der Waals surface area contributed by atoms with E-state index in [0.717, 1.165) is 50.7 Å². The lowest BCUT2D eigenvalue weighted by Crippen LogP contribution is -2.25. The van der Waals surface area contributed by atoms with E-state index in [9.17, 15) is 0 Å². The van der Waals surface area contributed by atoms with Crippen molar-refractivity contribution in [3.05, 3.63) is 35.6 Å². The molecule has 12 heteroatoms. The fourth-order valence-electron chi connectivity index (χ4n) is 2.97. The number of carboxylic acid groups (broad SMARTS) is 2. The van der Waals surface area contributed by atoms with Crippen molar-refractivity contribution >= 4 is 23.1 Å². The minimum Gasteiger partial charge on any atom is -0.473 e. The number of hydrogen-bond acceptors (Lipinski definition) is 10. The largest absolute Gasteiger partial charge is 0.473 e. The molecule has 0 amide bonds. The van der Waals surface area contributed by atoms with Gasteiger partial charge in [-0.3, -0.25) is 0 Å². The molecule has 2 aromatic rings. The van der Waals surface area contributed by atoms with E-state index in [1.165, 1.54) is 11.1 Å². The first-order valence-corrected chi connectivity index (χ1v) is 9.98. The summed E-state index contributed by atoms with van der Waals surface area (Å²) in [4.78, 5) is 31.1. The van der Waals surface area contributed by atoms with Crippen LogP contribution < -0.4 is 0 Å². The molecule has 0 aromatic carbocycles. The average Bonchev–Trinajstić information content (AvgIpc) is 3.37. The molecule has 2 aromatic heterocycles. The molecule has 0 spiro atoms. The standard InChI is InChI=1S/2C9H13N3O.C2H2O4/c2*1-7-10-9(11-13-7)8-4-3-5-12(2)6-8;3-1(4)2(5)6/h2*4H,3,5-6H2,1-2H3;(H,3,4)(H,5,6). The van der Waals surface area contributed by atoms with Crippen LogP contribution in [-0.2, 0) is 9.59 Å². The molecule has 0 fully saturated rings. The van der Waals surface area contributed by atoms with E-state index in [-0.39, 0.29) is 0 Å². The minimum absolute atomic E-state index is 0.629. The second-order valence-electron chi connectivity index (χ2n) is 7.40. The number of rotatable bonds is 2. The first-order valence-electron chi connectivity index (χ1n) is 9.98. The monoisotopic (exact) mass is 448 g/mol. The molecule has 2 aliphatic rings. The summed E-state index contributed by atoms with van der Waals surface area (Å²) in [5.74, 6) is -0.911. The Balaban J connectivity index is 0.000000183. The van der Waals surface area contributed by atoms with E-state index in [1.54, 1.807) is 0 Å². The molecule has 174 valence electrons. The fraction of sp³-hybridized carbons (Fsp3) is 0.500. The summed E-state index contributed by atoms with van der Waals surface area (Å²) < 4.78 is 9.86. The SMILES string of the molecule is Cc1nc(C2=CCCN(C)C2)no1.Cc1nc(C2=CCCN(C)C2)no1.O=C(O)C(=O)O. The molecule has 2 N–H and O–H groups in total. The second-order valence-corrected chi connectivity index (χ2v) is 7.40. The maximum atomic E-state index is 9.10. The number of carbonyl (C=O) groups is 2. The van der Waals surface area contributed by atoms with Gasteiger partial charge in [-0.2, -0.15) is 9.97 Å². The number of aliphatic carboxylic acids is 2. The van der Waals surface area contributed by atoms with Crippen LogP contribution in [0.5, 0.6) is 0 Å². The van der Waals surface area contributed by atoms with Crippen LogP contribution in [0.1, 0.15) is 36.3 Å². The number of likely N-dealkylation sites (N-methyl/N-ethyl adjacent to an activating group) is 2. The third-order valence-corrected chi connectivity index (χ3v) is 4.50. The molecule has 0 unspecified atom stereocenters. The third kappa shape index (κ3) is 8.04. The second kappa shape index (κ2) is 11.9. The van der Waals surface area contributed by atoms with Crippen LogP contribution >= 0.6 is 0 Å². The summed E-state index contributed by atoms with van der Waals surface area (Å²) >= 11 is 0. The van der Waals surface area contributed by atoms with E-state index in [1.807, 2.05) is 13.8 Å². The van der Waals surface area contributed by atoms with Crippen LogP contribution in [0.2, 0.25) is 0 Å². The highest BCUT2D eigenvalue weighted by Crippen LogP contribution is 2.17. The first kappa shape index (κ1) is 24.9. The lowest BCUT2D eigenvalue weighted by atomic mass is 10.1. The molecule has 12 nitrogen and oxygen atoms in total. The molecule has 0 bridgehead atoms. The summed E-state index contributed by atoms with van der Waals surface area (Å²) in [6.45, 7) is 7.67. The maximum absolute atomic E-state index is 9.10. The van der Waals surface area contributed by atoms with Gasteiger partial charge in [-0.1, -0.05) is 22.5 Å². The Morgan fingerprint density at radius 1 is 0.812 bits per heavy atom. The zero-order chi connectivity index (χ0) is 23.7. The lowest BCUT2D eigenvalue weighted by Gasteiger charge is -2.20. The molecule has 0 aliphatic carbocycles. The molecule has 0 atom stereocenters. The van der Waals surface area contributed by atoms with Crippen molar-refractivity contribution in [3.8, 4) is 0 Å². The van der Waals surface area contributed by atoms with Gasteiger partial charge in [-0.05, 0) is 26.9 Å². The minimum atomic E-state index is -1.82. The van der Waals surface area contributed by atoms with E-state index >= 15 is 0 Å². The molecule has 0 radical (unpaired) electrons. The molecule has 2 aliphatic heterocycles. The summed E-state index contributed by atoms with van der Waals surface area (Å²) in [5.41, 5.74) is 2.34. The van der Waals surface area contributed by atoms with E-state index in [4.69, 9.17) is 28.8 Å². The van der Waals surface area contributed by atoms with Crippen molar-refractivity contribution in [2.75, 3.05) is 40.3 Å². The van der Waals surface area contributed by atoms with Gasteiger partial charge in [-0.25, -0.2) is 9.59 Å². The van der Waals surface area contributed by atoms with Crippen LogP contribution in [0.15, 0.2) is 21.2 Å². The molecular weight excluding hydrogens is 420 g/mol. The van der Waals surface area contributed by atoms with Crippen molar-refractivity contribution < 1.29 is 28.8 Å². The van der Waals surface area contributed by atoms with Gasteiger partial charge >= 0.3 is 11.9 Å². The predicted octanol–water partition coefficient (Wildman–Crippen LogP) is 1.35. The number of nitrogens with zero attached hydrogens (tertiary/aromatic N) is 6. The van der Waals surface area contributed by atoms with Gasteiger partial charge < -0.3 is 29.1 Å². The zero-order valence-corrected chi connectivity index (χ0v) is 18.6. The van der Waals surface area contributed by atoms with Gasteiger partial charge in [0, 0.05) is 51.2 Å². The first-order chi connectivity index (χ1) is 15.2. The van der Waals surface area contributed by atoms with Gasteiger partial charge in [0.2, 0.25) is 11.8 Å². The summed E-state index contributed by atoms with van der Waals surface area (Å²) in [6, 6.07) is 0. The summed E-state index contributed by atoms with van der Waals surface area (Å²) in [5, 5.41) is 22.6. The van der Waals surface area contributed by atoms with Gasteiger partial charge in [-0.15, -0.1) is 0 Å². The Labute approximate surface area is 185 Å². The third-order valence-electron chi connectivity index (χ3n) is 4.50. The Morgan fingerprint density at radius 3 is 1.44 bits per heavy atom. The van der Waals surface area contributed by atoms with E-state index < -0.39 is 11.9 Å². The number of hydrogen-bond donors (Lipinski definition) is 2. The summed E-state index contributed by atoms with van der Waals surface area (Å²) in [6.07, 6.45) is 6.51. The van der Waals surface area contributed by atoms with Crippen LogP contribution in [0.25, 0.3) is 11.1 Å². The molecule has 32 heavy (non-hydrogen) atoms. The fourth-order valence-corrected chi connectivity index (χ4v) is 2.97. The molecule has 0 saturated carbocycles. The average molecular weight is 448 g/mol. The quantitative estimate of drug-likeness (QED) is 0.636. The predicted molar refractivity (Wildman–Crippen MR) is 114 cm³/mol. The Hall–Kier alpha value is -3.38. The van der Waals surface area contributed by atoms with Crippen LogP contribution in [0, 0.1) is 13.8 Å². The van der Waals surface area contributed by atoms with Crippen LogP contribution in [0.4, 0.5) is 0 Å². The Bertz CT molecular complexity index is 901. The normalized spacial score (nSPS) is 16.6. The highest BCUT2D eigenvalue weighted by atomic mass is 16.5. The van der Waals surface area contributed by atoms with Crippen molar-refractivity contribution in [1.82, 2.24) is 30.1 Å². The topological polar surface area (TPSA) is 159 Å². The van der Waals surface area contributed by atoms with Crippen molar-refractivity contribution in [2.45, 2.75) is 26.7 Å². The smallest absolute Gasteiger partial charge is 0.414 e. The van der Waals surface area contributed by atoms with Crippen molar-refractivity contribution in [2.24, 2.45) is 0 Å². The summed E-state index contributed by atoms with van der Waals surface area (Å²) in [7, 11) is 4.19.